The Kier molecular flexibility index (Phi) is 9.85. The summed E-state index contributed by atoms with van der Waals surface area (Å²) in [6.45, 7) is 4.81. The number of methoxy groups -OCH3 is 1. The number of ether oxygens (including phenoxy) is 2. The van der Waals surface area contributed by atoms with E-state index >= 15 is 0 Å². The maximum atomic E-state index is 10.1. The molecular weight excluding hydrogens is 495 g/mol. The summed E-state index contributed by atoms with van der Waals surface area (Å²) in [6, 6.07) is 15.1. The van der Waals surface area contributed by atoms with Gasteiger partial charge in [-0.05, 0) is 30.7 Å². The van der Waals surface area contributed by atoms with E-state index in [0.29, 0.717) is 12.4 Å². The number of phenols is 1. The lowest BCUT2D eigenvalue weighted by Gasteiger charge is -2.37. The molecule has 2 N–H and O–H groups in total. The average Bonchev–Trinajstić information content (AvgIpc) is 2.77. The molecule has 7 nitrogen and oxygen atoms in total. The first kappa shape index (κ1) is 23.9. The van der Waals surface area contributed by atoms with Crippen LogP contribution >= 0.6 is 24.0 Å². The molecule has 3 rings (SSSR count). The molecule has 0 aliphatic carbocycles. The number of hydrogen-bond acceptors (Lipinski definition) is 5. The molecule has 8 heteroatoms. The topological polar surface area (TPSA) is 69.6 Å². The Hall–Kier alpha value is -2.36. The molecular formula is C22H31IN4O3. The van der Waals surface area contributed by atoms with Gasteiger partial charge in [0.05, 0.1) is 19.4 Å². The van der Waals surface area contributed by atoms with Crippen LogP contribution < -0.4 is 19.7 Å². The van der Waals surface area contributed by atoms with Gasteiger partial charge in [0.1, 0.15) is 17.2 Å². The van der Waals surface area contributed by atoms with Crippen molar-refractivity contribution in [3.05, 3.63) is 48.5 Å². The monoisotopic (exact) mass is 526 g/mol. The van der Waals surface area contributed by atoms with Gasteiger partial charge in [0, 0.05) is 45.8 Å². The van der Waals surface area contributed by atoms with Gasteiger partial charge < -0.3 is 29.7 Å². The number of aliphatic imine (C=N–C) groups is 1. The molecule has 1 fully saturated rings. The number of nitrogens with zero attached hydrogens (tertiary/aromatic N) is 3. The van der Waals surface area contributed by atoms with Crippen LogP contribution in [0.3, 0.4) is 0 Å². The molecule has 30 heavy (non-hydrogen) atoms. The summed E-state index contributed by atoms with van der Waals surface area (Å²) in [5.74, 6) is 2.85. The Morgan fingerprint density at radius 3 is 2.50 bits per heavy atom. The maximum absolute atomic E-state index is 10.1. The van der Waals surface area contributed by atoms with Gasteiger partial charge in [-0.1, -0.05) is 18.2 Å². The van der Waals surface area contributed by atoms with Crippen molar-refractivity contribution < 1.29 is 14.6 Å². The number of guanidine groups is 1. The maximum Gasteiger partial charge on any atom is 0.193 e. The van der Waals surface area contributed by atoms with Crippen molar-refractivity contribution in [2.24, 2.45) is 4.99 Å². The molecule has 2 aromatic rings. The molecule has 2 aromatic carbocycles. The molecule has 0 atom stereocenters. The normalized spacial score (nSPS) is 14.1. The fraction of sp³-hybridized carbons (Fsp3) is 0.409. The molecule has 0 unspecified atom stereocenters. The molecule has 0 spiro atoms. The summed E-state index contributed by atoms with van der Waals surface area (Å²) < 4.78 is 11.0. The van der Waals surface area contributed by atoms with Crippen LogP contribution in [-0.2, 0) is 0 Å². The van der Waals surface area contributed by atoms with Crippen LogP contribution in [0, 0.1) is 0 Å². The lowest BCUT2D eigenvalue weighted by atomic mass is 10.2. The zero-order chi connectivity index (χ0) is 20.5. The number of para-hydroxylation sites is 2. The van der Waals surface area contributed by atoms with Crippen LogP contribution in [0.25, 0.3) is 0 Å². The van der Waals surface area contributed by atoms with Crippen LogP contribution in [-0.4, -0.2) is 69.5 Å². The zero-order valence-corrected chi connectivity index (χ0v) is 19.9. The Morgan fingerprint density at radius 2 is 1.80 bits per heavy atom. The Bertz CT molecular complexity index is 810. The Balaban J connectivity index is 0.00000320. The van der Waals surface area contributed by atoms with E-state index in [2.05, 4.69) is 20.1 Å². The number of benzene rings is 2. The second kappa shape index (κ2) is 12.4. The number of hydrogen-bond donors (Lipinski definition) is 2. The molecule has 0 bridgehead atoms. The van der Waals surface area contributed by atoms with E-state index in [-0.39, 0.29) is 24.0 Å². The molecule has 1 aliphatic heterocycles. The van der Waals surface area contributed by atoms with Gasteiger partial charge in [-0.3, -0.25) is 4.99 Å². The van der Waals surface area contributed by atoms with Gasteiger partial charge in [0.25, 0.3) is 0 Å². The second-order valence-electron chi connectivity index (χ2n) is 6.82. The summed E-state index contributed by atoms with van der Waals surface area (Å²) in [5, 5.41) is 13.5. The van der Waals surface area contributed by atoms with Crippen molar-refractivity contribution in [1.82, 2.24) is 10.2 Å². The first-order chi connectivity index (χ1) is 14.2. The predicted octanol–water partition coefficient (Wildman–Crippen LogP) is 3.19. The van der Waals surface area contributed by atoms with E-state index in [1.54, 1.807) is 13.2 Å². The third-order valence-electron chi connectivity index (χ3n) is 4.93. The third-order valence-corrected chi connectivity index (χ3v) is 4.93. The van der Waals surface area contributed by atoms with Crippen molar-refractivity contribution >= 4 is 35.6 Å². The van der Waals surface area contributed by atoms with Gasteiger partial charge in [0.2, 0.25) is 0 Å². The smallest absolute Gasteiger partial charge is 0.193 e. The minimum Gasteiger partial charge on any atom is -0.506 e. The number of piperazine rings is 1. The highest BCUT2D eigenvalue weighted by molar-refractivity contribution is 14.0. The van der Waals surface area contributed by atoms with E-state index < -0.39 is 0 Å². The quantitative estimate of drug-likeness (QED) is 0.250. The SMILES string of the molecule is CN=C(NCCCOc1cccc(OC)c1)N1CCN(c2ccccc2O)CC1.I. The third kappa shape index (κ3) is 6.58. The highest BCUT2D eigenvalue weighted by Gasteiger charge is 2.21. The molecule has 0 amide bonds. The van der Waals surface area contributed by atoms with Crippen molar-refractivity contribution in [3.8, 4) is 17.2 Å². The van der Waals surface area contributed by atoms with Crippen molar-refractivity contribution in [2.75, 3.05) is 58.4 Å². The number of anilines is 1. The van der Waals surface area contributed by atoms with Crippen LogP contribution in [0.15, 0.2) is 53.5 Å². The summed E-state index contributed by atoms with van der Waals surface area (Å²) in [7, 11) is 3.46. The van der Waals surface area contributed by atoms with Gasteiger partial charge in [-0.2, -0.15) is 0 Å². The van der Waals surface area contributed by atoms with Crippen LogP contribution in [0.5, 0.6) is 17.2 Å². The second-order valence-corrected chi connectivity index (χ2v) is 6.82. The van der Waals surface area contributed by atoms with Crippen LogP contribution in [0.4, 0.5) is 5.69 Å². The largest absolute Gasteiger partial charge is 0.506 e. The lowest BCUT2D eigenvalue weighted by molar-refractivity contribution is 0.306. The summed E-state index contributed by atoms with van der Waals surface area (Å²) in [5.41, 5.74) is 0.893. The van der Waals surface area contributed by atoms with Crippen LogP contribution in [0.2, 0.25) is 0 Å². The van der Waals surface area contributed by atoms with E-state index in [0.717, 1.165) is 62.3 Å². The van der Waals surface area contributed by atoms with Crippen molar-refractivity contribution in [3.63, 3.8) is 0 Å². The molecule has 0 radical (unpaired) electrons. The van der Waals surface area contributed by atoms with Crippen molar-refractivity contribution in [2.45, 2.75) is 6.42 Å². The molecule has 1 heterocycles. The van der Waals surface area contributed by atoms with Crippen molar-refractivity contribution in [1.29, 1.82) is 0 Å². The van der Waals surface area contributed by atoms with E-state index in [9.17, 15) is 5.11 Å². The molecule has 164 valence electrons. The molecule has 1 saturated heterocycles. The number of rotatable bonds is 7. The Labute approximate surface area is 195 Å². The summed E-state index contributed by atoms with van der Waals surface area (Å²) in [4.78, 5) is 8.87. The van der Waals surface area contributed by atoms with Gasteiger partial charge >= 0.3 is 0 Å². The first-order valence-electron chi connectivity index (χ1n) is 9.96. The number of aromatic hydroxyl groups is 1. The number of halogens is 1. The van der Waals surface area contributed by atoms with E-state index in [1.807, 2.05) is 49.5 Å². The zero-order valence-electron chi connectivity index (χ0n) is 17.6. The standard InChI is InChI=1S/C22H30N4O3.HI/c1-23-22(24-11-6-16-29-19-8-5-7-18(17-19)28-2)26-14-12-25(13-15-26)20-9-3-4-10-21(20)27;/h3-5,7-10,17,27H,6,11-16H2,1-2H3,(H,23,24);1H. The Morgan fingerprint density at radius 1 is 1.07 bits per heavy atom. The fourth-order valence-electron chi connectivity index (χ4n) is 3.38. The summed E-state index contributed by atoms with van der Waals surface area (Å²) >= 11 is 0. The minimum atomic E-state index is 0. The highest BCUT2D eigenvalue weighted by Crippen LogP contribution is 2.27. The average molecular weight is 526 g/mol. The predicted molar refractivity (Wildman–Crippen MR) is 132 cm³/mol. The van der Waals surface area contributed by atoms with E-state index in [4.69, 9.17) is 9.47 Å². The fourth-order valence-corrected chi connectivity index (χ4v) is 3.38. The minimum absolute atomic E-state index is 0. The molecule has 0 aromatic heterocycles. The number of phenolic OH excluding ortho intramolecular Hbond substituents is 1. The molecule has 0 saturated carbocycles. The summed E-state index contributed by atoms with van der Waals surface area (Å²) in [6.07, 6.45) is 0.869. The molecule has 1 aliphatic rings. The number of nitrogens with one attached hydrogen (secondary N) is 1. The highest BCUT2D eigenvalue weighted by atomic mass is 127. The van der Waals surface area contributed by atoms with Crippen LogP contribution in [0.1, 0.15) is 6.42 Å². The van der Waals surface area contributed by atoms with Gasteiger partial charge in [0.15, 0.2) is 5.96 Å². The van der Waals surface area contributed by atoms with Gasteiger partial charge in [-0.25, -0.2) is 0 Å². The first-order valence-corrected chi connectivity index (χ1v) is 9.96. The lowest BCUT2D eigenvalue weighted by Crippen LogP contribution is -2.52. The van der Waals surface area contributed by atoms with E-state index in [1.165, 1.54) is 0 Å². The van der Waals surface area contributed by atoms with Gasteiger partial charge in [-0.15, -0.1) is 24.0 Å².